The Morgan fingerprint density at radius 2 is 2.29 bits per heavy atom. The molecule has 0 radical (unpaired) electrons. The van der Waals surface area contributed by atoms with Gasteiger partial charge in [0.2, 0.25) is 0 Å². The lowest BCUT2D eigenvalue weighted by Crippen LogP contribution is -2.28. The minimum atomic E-state index is -0.222. The monoisotopic (exact) mass is 261 g/mol. The average Bonchev–Trinajstić information content (AvgIpc) is 2.12. The van der Waals surface area contributed by atoms with Crippen LogP contribution < -0.4 is 5.73 Å². The first kappa shape index (κ1) is 11.6. The molecule has 1 aromatic carbocycles. The van der Waals surface area contributed by atoms with Crippen molar-refractivity contribution in [3.8, 4) is 0 Å². The zero-order valence-corrected chi connectivity index (χ0v) is 9.55. The highest BCUT2D eigenvalue weighted by Gasteiger charge is 2.08. The molecule has 0 aliphatic carbocycles. The van der Waals surface area contributed by atoms with Gasteiger partial charge in [0.15, 0.2) is 0 Å². The standard InChI is InChI=1S/C10H13BrFNO/c1-14-6-9(13)5-7-4-8(11)2-3-10(7)12/h2-4,9H,5-6,13H2,1H3. The van der Waals surface area contributed by atoms with E-state index in [0.717, 1.165) is 4.47 Å². The number of benzene rings is 1. The largest absolute Gasteiger partial charge is 0.383 e. The smallest absolute Gasteiger partial charge is 0.126 e. The Kier molecular flexibility index (Phi) is 4.51. The summed E-state index contributed by atoms with van der Waals surface area (Å²) in [5.74, 6) is -0.222. The van der Waals surface area contributed by atoms with Gasteiger partial charge in [0.05, 0.1) is 6.61 Å². The van der Waals surface area contributed by atoms with Crippen LogP contribution >= 0.6 is 15.9 Å². The number of hydrogen-bond donors (Lipinski definition) is 1. The third-order valence-corrected chi connectivity index (χ3v) is 2.36. The van der Waals surface area contributed by atoms with E-state index in [-0.39, 0.29) is 11.9 Å². The van der Waals surface area contributed by atoms with Crippen molar-refractivity contribution < 1.29 is 9.13 Å². The van der Waals surface area contributed by atoms with Gasteiger partial charge in [-0.3, -0.25) is 0 Å². The molecule has 0 spiro atoms. The highest BCUT2D eigenvalue weighted by molar-refractivity contribution is 9.10. The van der Waals surface area contributed by atoms with Crippen molar-refractivity contribution in [3.63, 3.8) is 0 Å². The minimum absolute atomic E-state index is 0.163. The van der Waals surface area contributed by atoms with Crippen molar-refractivity contribution in [1.29, 1.82) is 0 Å². The van der Waals surface area contributed by atoms with Gasteiger partial charge in [-0.15, -0.1) is 0 Å². The van der Waals surface area contributed by atoms with E-state index in [9.17, 15) is 4.39 Å². The highest BCUT2D eigenvalue weighted by atomic mass is 79.9. The van der Waals surface area contributed by atoms with Crippen LogP contribution in [0.4, 0.5) is 4.39 Å². The molecule has 0 saturated heterocycles. The molecule has 0 amide bonds. The molecule has 14 heavy (non-hydrogen) atoms. The number of methoxy groups -OCH3 is 1. The predicted octanol–water partition coefficient (Wildman–Crippen LogP) is 2.10. The third kappa shape index (κ3) is 3.36. The summed E-state index contributed by atoms with van der Waals surface area (Å²) in [5.41, 5.74) is 6.34. The molecule has 0 heterocycles. The molecule has 1 unspecified atom stereocenters. The molecule has 2 N–H and O–H groups in total. The maximum atomic E-state index is 13.3. The van der Waals surface area contributed by atoms with Crippen molar-refractivity contribution in [2.24, 2.45) is 5.73 Å². The van der Waals surface area contributed by atoms with Crippen LogP contribution in [0.3, 0.4) is 0 Å². The Bertz CT molecular complexity index is 306. The number of nitrogens with two attached hydrogens (primary N) is 1. The van der Waals surface area contributed by atoms with Crippen LogP contribution in [0.5, 0.6) is 0 Å². The number of ether oxygens (including phenoxy) is 1. The van der Waals surface area contributed by atoms with E-state index in [1.165, 1.54) is 6.07 Å². The molecule has 0 fully saturated rings. The lowest BCUT2D eigenvalue weighted by Gasteiger charge is -2.11. The van der Waals surface area contributed by atoms with Gasteiger partial charge in [0, 0.05) is 17.6 Å². The average molecular weight is 262 g/mol. The minimum Gasteiger partial charge on any atom is -0.383 e. The second-order valence-corrected chi connectivity index (χ2v) is 4.07. The van der Waals surface area contributed by atoms with Crippen LogP contribution in [-0.2, 0) is 11.2 Å². The molecule has 0 aromatic heterocycles. The SMILES string of the molecule is COCC(N)Cc1cc(Br)ccc1F. The van der Waals surface area contributed by atoms with Gasteiger partial charge >= 0.3 is 0 Å². The molecular formula is C10H13BrFNO. The molecule has 1 atom stereocenters. The molecule has 0 aliphatic heterocycles. The number of halogens is 2. The Morgan fingerprint density at radius 3 is 2.93 bits per heavy atom. The van der Waals surface area contributed by atoms with E-state index in [1.807, 2.05) is 0 Å². The van der Waals surface area contributed by atoms with Gasteiger partial charge < -0.3 is 10.5 Å². The number of hydrogen-bond acceptors (Lipinski definition) is 2. The van der Waals surface area contributed by atoms with Gasteiger partial charge in [0.25, 0.3) is 0 Å². The first-order valence-electron chi connectivity index (χ1n) is 4.32. The molecule has 0 saturated carbocycles. The van der Waals surface area contributed by atoms with Crippen LogP contribution in [0.15, 0.2) is 22.7 Å². The Hall–Kier alpha value is -0.450. The maximum Gasteiger partial charge on any atom is 0.126 e. The van der Waals surface area contributed by atoms with Crippen molar-refractivity contribution in [1.82, 2.24) is 0 Å². The summed E-state index contributed by atoms with van der Waals surface area (Å²) in [6.07, 6.45) is 0.485. The van der Waals surface area contributed by atoms with Crippen LogP contribution in [0.2, 0.25) is 0 Å². The zero-order valence-electron chi connectivity index (χ0n) is 7.97. The molecule has 0 aliphatic rings. The van der Waals surface area contributed by atoms with Crippen LogP contribution in [0.1, 0.15) is 5.56 Å². The van der Waals surface area contributed by atoms with Crippen molar-refractivity contribution in [2.75, 3.05) is 13.7 Å². The Labute approximate surface area is 91.4 Å². The van der Waals surface area contributed by atoms with E-state index < -0.39 is 0 Å². The first-order chi connectivity index (χ1) is 6.63. The zero-order chi connectivity index (χ0) is 10.6. The molecule has 1 aromatic rings. The molecule has 0 bridgehead atoms. The Balaban J connectivity index is 2.70. The normalized spacial score (nSPS) is 12.9. The predicted molar refractivity (Wildman–Crippen MR) is 57.7 cm³/mol. The molecular weight excluding hydrogens is 249 g/mol. The second-order valence-electron chi connectivity index (χ2n) is 3.16. The van der Waals surface area contributed by atoms with Gasteiger partial charge in [-0.1, -0.05) is 15.9 Å². The number of rotatable bonds is 4. The van der Waals surface area contributed by atoms with E-state index in [0.29, 0.717) is 18.6 Å². The van der Waals surface area contributed by atoms with E-state index in [4.69, 9.17) is 10.5 Å². The quantitative estimate of drug-likeness (QED) is 0.901. The summed E-state index contributed by atoms with van der Waals surface area (Å²) in [6.45, 7) is 0.436. The first-order valence-corrected chi connectivity index (χ1v) is 5.11. The summed E-state index contributed by atoms with van der Waals surface area (Å²) < 4.78 is 19.0. The van der Waals surface area contributed by atoms with Crippen molar-refractivity contribution in [2.45, 2.75) is 12.5 Å². The fourth-order valence-corrected chi connectivity index (χ4v) is 1.66. The summed E-state index contributed by atoms with van der Waals surface area (Å²) in [6, 6.07) is 4.67. The summed E-state index contributed by atoms with van der Waals surface area (Å²) in [4.78, 5) is 0. The van der Waals surface area contributed by atoms with Crippen molar-refractivity contribution >= 4 is 15.9 Å². The fourth-order valence-electron chi connectivity index (χ4n) is 1.26. The molecule has 78 valence electrons. The van der Waals surface area contributed by atoms with Crippen LogP contribution in [0, 0.1) is 5.82 Å². The summed E-state index contributed by atoms with van der Waals surface area (Å²) >= 11 is 3.29. The van der Waals surface area contributed by atoms with Crippen LogP contribution in [0.25, 0.3) is 0 Å². The fraction of sp³-hybridized carbons (Fsp3) is 0.400. The van der Waals surface area contributed by atoms with Gasteiger partial charge in [-0.25, -0.2) is 4.39 Å². The van der Waals surface area contributed by atoms with Gasteiger partial charge in [-0.2, -0.15) is 0 Å². The topological polar surface area (TPSA) is 35.2 Å². The summed E-state index contributed by atoms with van der Waals surface area (Å²) in [7, 11) is 1.58. The molecule has 4 heteroatoms. The third-order valence-electron chi connectivity index (χ3n) is 1.87. The lowest BCUT2D eigenvalue weighted by molar-refractivity contribution is 0.179. The van der Waals surface area contributed by atoms with E-state index >= 15 is 0 Å². The van der Waals surface area contributed by atoms with E-state index in [1.54, 1.807) is 19.2 Å². The molecule has 1 rings (SSSR count). The van der Waals surface area contributed by atoms with Gasteiger partial charge in [-0.05, 0) is 30.2 Å². The summed E-state index contributed by atoms with van der Waals surface area (Å²) in [5, 5.41) is 0. The van der Waals surface area contributed by atoms with E-state index in [2.05, 4.69) is 15.9 Å². The Morgan fingerprint density at radius 1 is 1.57 bits per heavy atom. The second kappa shape index (κ2) is 5.44. The van der Waals surface area contributed by atoms with Gasteiger partial charge in [0.1, 0.15) is 5.82 Å². The highest BCUT2D eigenvalue weighted by Crippen LogP contribution is 2.16. The lowest BCUT2D eigenvalue weighted by atomic mass is 10.1. The molecule has 2 nitrogen and oxygen atoms in total. The van der Waals surface area contributed by atoms with Crippen LogP contribution in [-0.4, -0.2) is 19.8 Å². The van der Waals surface area contributed by atoms with Crippen molar-refractivity contribution in [3.05, 3.63) is 34.1 Å². The maximum absolute atomic E-state index is 13.3.